The van der Waals surface area contributed by atoms with Gasteiger partial charge in [0.1, 0.15) is 11.4 Å². The third kappa shape index (κ3) is 3.81. The number of hydrogen-bond acceptors (Lipinski definition) is 3. The predicted octanol–water partition coefficient (Wildman–Crippen LogP) is 4.14. The summed E-state index contributed by atoms with van der Waals surface area (Å²) in [7, 11) is 1.84. The minimum Gasteiger partial charge on any atom is -0.328 e. The zero-order valence-electron chi connectivity index (χ0n) is 18.5. The van der Waals surface area contributed by atoms with Gasteiger partial charge >= 0.3 is 0 Å². The van der Waals surface area contributed by atoms with E-state index in [2.05, 4.69) is 22.5 Å². The molecular formula is C26H28N4O2. The molecule has 0 spiro atoms. The first-order valence-corrected chi connectivity index (χ1v) is 11.2. The van der Waals surface area contributed by atoms with E-state index in [1.165, 1.54) is 0 Å². The normalized spacial score (nSPS) is 20.0. The van der Waals surface area contributed by atoms with Crippen LogP contribution in [0, 0.1) is 0 Å². The number of hydrogen-bond donors (Lipinski definition) is 1. The number of aromatic nitrogens is 2. The molecule has 2 aliphatic rings. The van der Waals surface area contributed by atoms with Gasteiger partial charge in [-0.1, -0.05) is 54.6 Å². The van der Waals surface area contributed by atoms with Crippen LogP contribution in [0.3, 0.4) is 0 Å². The third-order valence-electron chi connectivity index (χ3n) is 6.76. The van der Waals surface area contributed by atoms with Gasteiger partial charge < -0.3 is 10.2 Å². The molecule has 2 aromatic carbocycles. The highest BCUT2D eigenvalue weighted by Gasteiger charge is 2.49. The van der Waals surface area contributed by atoms with Gasteiger partial charge in [-0.15, -0.1) is 0 Å². The predicted molar refractivity (Wildman–Crippen MR) is 124 cm³/mol. The van der Waals surface area contributed by atoms with Crippen LogP contribution in [0.1, 0.15) is 43.4 Å². The molecule has 1 atom stereocenters. The molecule has 1 saturated carbocycles. The van der Waals surface area contributed by atoms with Gasteiger partial charge in [0.25, 0.3) is 5.91 Å². The Labute approximate surface area is 188 Å². The van der Waals surface area contributed by atoms with Gasteiger partial charge in [-0.2, -0.15) is 5.10 Å². The Morgan fingerprint density at radius 3 is 2.38 bits per heavy atom. The maximum Gasteiger partial charge on any atom is 0.251 e. The van der Waals surface area contributed by atoms with Crippen molar-refractivity contribution in [2.75, 3.05) is 11.9 Å². The highest BCUT2D eigenvalue weighted by atomic mass is 16.2. The largest absolute Gasteiger partial charge is 0.328 e. The van der Waals surface area contributed by atoms with Crippen LogP contribution in [0.5, 0.6) is 0 Å². The first-order valence-electron chi connectivity index (χ1n) is 11.2. The summed E-state index contributed by atoms with van der Waals surface area (Å²) in [4.78, 5) is 27.8. The molecule has 6 heteroatoms. The summed E-state index contributed by atoms with van der Waals surface area (Å²) in [5.74, 6) is 1.04. The number of carbonyl (C=O) groups is 2. The van der Waals surface area contributed by atoms with Crippen molar-refractivity contribution >= 4 is 17.6 Å². The fraction of sp³-hybridized carbons (Fsp3) is 0.346. The van der Waals surface area contributed by atoms with Crippen LogP contribution in [-0.2, 0) is 23.1 Å². The van der Waals surface area contributed by atoms with Gasteiger partial charge in [0, 0.05) is 25.6 Å². The highest BCUT2D eigenvalue weighted by Crippen LogP contribution is 2.40. The Morgan fingerprint density at radius 1 is 1.06 bits per heavy atom. The number of nitrogens with zero attached hydrogens (tertiary/aromatic N) is 3. The number of carbonyl (C=O) groups excluding carboxylic acids is 2. The molecule has 6 nitrogen and oxygen atoms in total. The number of amides is 2. The van der Waals surface area contributed by atoms with Crippen LogP contribution >= 0.6 is 0 Å². The van der Waals surface area contributed by atoms with Gasteiger partial charge in [0.05, 0.1) is 12.1 Å². The number of rotatable bonds is 6. The van der Waals surface area contributed by atoms with E-state index in [0.29, 0.717) is 24.7 Å². The molecule has 0 bridgehead atoms. The molecule has 1 aliphatic heterocycles. The molecule has 2 fully saturated rings. The Kier molecular flexibility index (Phi) is 5.08. The van der Waals surface area contributed by atoms with Gasteiger partial charge in [-0.05, 0) is 42.9 Å². The summed E-state index contributed by atoms with van der Waals surface area (Å²) in [6.07, 6.45) is 3.27. The maximum absolute atomic E-state index is 13.1. The first kappa shape index (κ1) is 20.5. The zero-order valence-corrected chi connectivity index (χ0v) is 18.5. The van der Waals surface area contributed by atoms with E-state index in [0.717, 1.165) is 35.2 Å². The Hall–Kier alpha value is -3.41. The van der Waals surface area contributed by atoms with Crippen LogP contribution in [-0.4, -0.2) is 38.6 Å². The lowest BCUT2D eigenvalue weighted by atomic mass is 9.85. The number of aryl methyl sites for hydroxylation is 1. The summed E-state index contributed by atoms with van der Waals surface area (Å²) < 4.78 is 1.72. The highest BCUT2D eigenvalue weighted by molar-refractivity contribution is 6.01. The monoisotopic (exact) mass is 428 g/mol. The van der Waals surface area contributed by atoms with E-state index in [4.69, 9.17) is 0 Å². The molecule has 1 unspecified atom stereocenters. The molecule has 5 rings (SSSR count). The molecule has 1 saturated heterocycles. The second-order valence-corrected chi connectivity index (χ2v) is 9.12. The summed E-state index contributed by atoms with van der Waals surface area (Å²) in [6.45, 7) is 2.45. The third-order valence-corrected chi connectivity index (χ3v) is 6.76. The van der Waals surface area contributed by atoms with Crippen molar-refractivity contribution < 1.29 is 9.59 Å². The zero-order chi connectivity index (χ0) is 22.3. The molecule has 2 heterocycles. The second-order valence-electron chi connectivity index (χ2n) is 9.12. The molecule has 0 radical (unpaired) electrons. The molecule has 1 aliphatic carbocycles. The Bertz CT molecular complexity index is 1150. The van der Waals surface area contributed by atoms with Gasteiger partial charge in [0.2, 0.25) is 5.91 Å². The molecule has 32 heavy (non-hydrogen) atoms. The summed E-state index contributed by atoms with van der Waals surface area (Å²) >= 11 is 0. The fourth-order valence-corrected chi connectivity index (χ4v) is 4.35. The van der Waals surface area contributed by atoms with E-state index < -0.39 is 5.54 Å². The van der Waals surface area contributed by atoms with Gasteiger partial charge in [-0.25, -0.2) is 0 Å². The van der Waals surface area contributed by atoms with Crippen molar-refractivity contribution in [1.82, 2.24) is 14.7 Å². The van der Waals surface area contributed by atoms with E-state index >= 15 is 0 Å². The van der Waals surface area contributed by atoms with Crippen LogP contribution in [0.15, 0.2) is 60.7 Å². The minimum absolute atomic E-state index is 0.0231. The number of nitrogens with one attached hydrogen (secondary N) is 1. The Morgan fingerprint density at radius 2 is 1.75 bits per heavy atom. The lowest BCUT2D eigenvalue weighted by molar-refractivity contribution is -0.154. The smallest absolute Gasteiger partial charge is 0.251 e. The average molecular weight is 429 g/mol. The van der Waals surface area contributed by atoms with Crippen molar-refractivity contribution in [3.63, 3.8) is 0 Å². The molecule has 2 amide bonds. The van der Waals surface area contributed by atoms with Crippen molar-refractivity contribution in [3.8, 4) is 11.1 Å². The quantitative estimate of drug-likeness (QED) is 0.642. The van der Waals surface area contributed by atoms with Crippen LogP contribution in [0.2, 0.25) is 0 Å². The number of benzene rings is 2. The van der Waals surface area contributed by atoms with E-state index in [-0.39, 0.29) is 18.2 Å². The van der Waals surface area contributed by atoms with E-state index in [1.54, 1.807) is 9.58 Å². The first-order chi connectivity index (χ1) is 15.4. The van der Waals surface area contributed by atoms with Crippen LogP contribution in [0.25, 0.3) is 11.1 Å². The molecule has 1 aromatic heterocycles. The van der Waals surface area contributed by atoms with E-state index in [1.807, 2.05) is 62.5 Å². The summed E-state index contributed by atoms with van der Waals surface area (Å²) in [5.41, 5.74) is 3.43. The lowest BCUT2D eigenvalue weighted by Gasteiger charge is -2.49. The fourth-order valence-electron chi connectivity index (χ4n) is 4.35. The minimum atomic E-state index is -0.828. The SMILES string of the molecule is Cn1nc(C2CC2)cc1NC(=O)C1(C)CCN1C(=O)Cc1ccc(-c2ccccc2)cc1. The summed E-state index contributed by atoms with van der Waals surface area (Å²) in [6, 6.07) is 20.2. The van der Waals surface area contributed by atoms with Crippen molar-refractivity contribution in [2.45, 2.75) is 44.1 Å². The standard InChI is InChI=1S/C26H28N4O2/c1-26(25(32)27-23-17-22(21-12-13-21)28-29(23)2)14-15-30(26)24(31)16-18-8-10-20(11-9-18)19-6-4-3-5-7-19/h3-11,17,21H,12-16H2,1-2H3,(H,27,32). The maximum atomic E-state index is 13.1. The van der Waals surface area contributed by atoms with Gasteiger partial charge in [0.15, 0.2) is 0 Å². The lowest BCUT2D eigenvalue weighted by Crippen LogP contribution is -2.66. The van der Waals surface area contributed by atoms with Gasteiger partial charge in [-0.3, -0.25) is 14.3 Å². The molecule has 164 valence electrons. The van der Waals surface area contributed by atoms with Crippen molar-refractivity contribution in [1.29, 1.82) is 0 Å². The molecule has 1 N–H and O–H groups in total. The summed E-state index contributed by atoms with van der Waals surface area (Å²) in [5, 5.41) is 7.51. The van der Waals surface area contributed by atoms with Crippen molar-refractivity contribution in [3.05, 3.63) is 71.9 Å². The van der Waals surface area contributed by atoms with Crippen LogP contribution in [0.4, 0.5) is 5.82 Å². The Balaban J connectivity index is 1.23. The average Bonchev–Trinajstić information content (AvgIpc) is 3.57. The topological polar surface area (TPSA) is 67.2 Å². The molecule has 3 aromatic rings. The number of likely N-dealkylation sites (tertiary alicyclic amines) is 1. The number of anilines is 1. The van der Waals surface area contributed by atoms with E-state index in [9.17, 15) is 9.59 Å². The van der Waals surface area contributed by atoms with Crippen LogP contribution < -0.4 is 5.32 Å². The molecular weight excluding hydrogens is 400 g/mol. The van der Waals surface area contributed by atoms with Crippen molar-refractivity contribution in [2.24, 2.45) is 7.05 Å². The second kappa shape index (κ2) is 7.93.